The van der Waals surface area contributed by atoms with Crippen molar-refractivity contribution in [3.05, 3.63) is 0 Å². The molecule has 0 radical (unpaired) electrons. The van der Waals surface area contributed by atoms with Gasteiger partial charge in [-0.05, 0) is 0 Å². The number of ether oxygens (including phenoxy) is 2. The molecule has 0 spiro atoms. The summed E-state index contributed by atoms with van der Waals surface area (Å²) in [5.74, 6) is -5.28. The zero-order valence-electron chi connectivity index (χ0n) is 7.70. The van der Waals surface area contributed by atoms with Gasteiger partial charge in [-0.2, -0.15) is 39.5 Å². The molecule has 1 fully saturated rings. The first-order valence-corrected chi connectivity index (χ1v) is 3.83. The summed E-state index contributed by atoms with van der Waals surface area (Å²) in [6.07, 6.45) is -22.2. The van der Waals surface area contributed by atoms with Gasteiger partial charge >= 0.3 is 30.3 Å². The molecule has 0 aromatic carbocycles. The van der Waals surface area contributed by atoms with Gasteiger partial charge in [0.25, 0.3) is 0 Å². The molecule has 18 heavy (non-hydrogen) atoms. The Morgan fingerprint density at radius 1 is 1.06 bits per heavy atom. The minimum atomic E-state index is -6.25. The van der Waals surface area contributed by atoms with Crippen LogP contribution >= 0.6 is 0 Å². The van der Waals surface area contributed by atoms with E-state index in [0.29, 0.717) is 0 Å². The standard InChI is InChI=1S/C6HF9O3/c7-2(16)3(6(13,14)15)17-1(4(8,9)10)5(11,12)18-3/h1H/t1-,3?/m1/s1. The van der Waals surface area contributed by atoms with Crippen molar-refractivity contribution in [3.63, 3.8) is 0 Å². The number of carbonyl (C=O) groups excluding carboxylic acids is 1. The normalized spacial score (nSPS) is 32.6. The Balaban J connectivity index is 3.27. The fourth-order valence-electron chi connectivity index (χ4n) is 1.08. The summed E-state index contributed by atoms with van der Waals surface area (Å²) < 4.78 is 115. The molecule has 0 N–H and O–H groups in total. The molecule has 1 aliphatic heterocycles. The molecule has 1 heterocycles. The van der Waals surface area contributed by atoms with E-state index >= 15 is 0 Å². The van der Waals surface area contributed by atoms with Gasteiger partial charge in [-0.3, -0.25) is 9.53 Å². The van der Waals surface area contributed by atoms with Crippen LogP contribution in [-0.4, -0.2) is 36.4 Å². The lowest BCUT2D eigenvalue weighted by atomic mass is 10.3. The van der Waals surface area contributed by atoms with E-state index in [1.165, 1.54) is 0 Å². The van der Waals surface area contributed by atoms with Gasteiger partial charge in [0, 0.05) is 0 Å². The Morgan fingerprint density at radius 2 is 1.50 bits per heavy atom. The highest BCUT2D eigenvalue weighted by Gasteiger charge is 2.80. The summed E-state index contributed by atoms with van der Waals surface area (Å²) in [7, 11) is 0. The van der Waals surface area contributed by atoms with E-state index in [2.05, 4.69) is 9.47 Å². The van der Waals surface area contributed by atoms with E-state index in [4.69, 9.17) is 0 Å². The Hall–Kier alpha value is -1.04. The van der Waals surface area contributed by atoms with Crippen molar-refractivity contribution in [2.24, 2.45) is 0 Å². The van der Waals surface area contributed by atoms with Crippen molar-refractivity contribution in [2.45, 2.75) is 30.4 Å². The van der Waals surface area contributed by atoms with Crippen LogP contribution in [0.1, 0.15) is 0 Å². The van der Waals surface area contributed by atoms with E-state index in [0.717, 1.165) is 0 Å². The van der Waals surface area contributed by atoms with Crippen molar-refractivity contribution in [2.75, 3.05) is 0 Å². The quantitative estimate of drug-likeness (QED) is 0.549. The Bertz CT molecular complexity index is 358. The van der Waals surface area contributed by atoms with Crippen LogP contribution in [0.5, 0.6) is 0 Å². The third-order valence-corrected chi connectivity index (χ3v) is 1.80. The van der Waals surface area contributed by atoms with Crippen molar-refractivity contribution in [1.29, 1.82) is 0 Å². The second kappa shape index (κ2) is 3.73. The van der Waals surface area contributed by atoms with E-state index in [-0.39, 0.29) is 0 Å². The summed E-state index contributed by atoms with van der Waals surface area (Å²) in [4.78, 5) is 10.0. The molecule has 1 saturated heterocycles. The first-order valence-electron chi connectivity index (χ1n) is 3.83. The Kier molecular flexibility index (Phi) is 3.11. The first kappa shape index (κ1) is 15.0. The lowest BCUT2D eigenvalue weighted by Gasteiger charge is -2.24. The third-order valence-electron chi connectivity index (χ3n) is 1.80. The highest BCUT2D eigenvalue weighted by molar-refractivity contribution is 5.78. The van der Waals surface area contributed by atoms with Crippen molar-refractivity contribution in [1.82, 2.24) is 0 Å². The zero-order chi connectivity index (χ0) is 14.6. The van der Waals surface area contributed by atoms with Crippen LogP contribution < -0.4 is 0 Å². The highest BCUT2D eigenvalue weighted by atomic mass is 19.4. The third kappa shape index (κ3) is 2.13. The van der Waals surface area contributed by atoms with E-state index < -0.39 is 36.4 Å². The molecule has 0 amide bonds. The lowest BCUT2D eigenvalue weighted by Crippen LogP contribution is -2.53. The molecule has 12 heteroatoms. The molecular formula is C6HF9O3. The second-order valence-electron chi connectivity index (χ2n) is 3.09. The van der Waals surface area contributed by atoms with Gasteiger partial charge in [0.05, 0.1) is 0 Å². The van der Waals surface area contributed by atoms with Crippen LogP contribution in [0.4, 0.5) is 39.5 Å². The zero-order valence-corrected chi connectivity index (χ0v) is 7.70. The van der Waals surface area contributed by atoms with Gasteiger partial charge in [-0.15, -0.1) is 0 Å². The van der Waals surface area contributed by atoms with Crippen LogP contribution in [0.25, 0.3) is 0 Å². The maximum Gasteiger partial charge on any atom is 0.454 e. The first-order chi connectivity index (χ1) is 7.74. The monoisotopic (exact) mass is 292 g/mol. The molecule has 2 atom stereocenters. The maximum absolute atomic E-state index is 12.6. The molecule has 0 aliphatic carbocycles. The Labute approximate surface area is 91.4 Å². The minimum absolute atomic E-state index is 2.58. The molecule has 1 aliphatic rings. The van der Waals surface area contributed by atoms with Gasteiger partial charge < -0.3 is 4.74 Å². The Morgan fingerprint density at radius 3 is 1.67 bits per heavy atom. The number of carbonyl (C=O) groups is 1. The second-order valence-corrected chi connectivity index (χ2v) is 3.09. The van der Waals surface area contributed by atoms with Crippen molar-refractivity contribution < 1.29 is 53.8 Å². The summed E-state index contributed by atoms with van der Waals surface area (Å²) >= 11 is 0. The van der Waals surface area contributed by atoms with Crippen LogP contribution in [-0.2, 0) is 14.3 Å². The summed E-state index contributed by atoms with van der Waals surface area (Å²) in [6.45, 7) is 0. The molecular weight excluding hydrogens is 291 g/mol. The fourth-order valence-corrected chi connectivity index (χ4v) is 1.08. The van der Waals surface area contributed by atoms with E-state index in [1.807, 2.05) is 0 Å². The van der Waals surface area contributed by atoms with Crippen LogP contribution in [0, 0.1) is 0 Å². The predicted octanol–water partition coefficient (Wildman–Crippen LogP) is 2.31. The summed E-state index contributed by atoms with van der Waals surface area (Å²) in [5, 5.41) is 0. The van der Waals surface area contributed by atoms with Gasteiger partial charge in [-0.1, -0.05) is 0 Å². The summed E-state index contributed by atoms with van der Waals surface area (Å²) in [5.41, 5.74) is 0. The smallest absolute Gasteiger partial charge is 0.312 e. The predicted molar refractivity (Wildman–Crippen MR) is 31.9 cm³/mol. The lowest BCUT2D eigenvalue weighted by molar-refractivity contribution is -0.361. The van der Waals surface area contributed by atoms with Gasteiger partial charge in [0.15, 0.2) is 0 Å². The number of halogens is 9. The summed E-state index contributed by atoms with van der Waals surface area (Å²) in [6, 6.07) is -3.67. The topological polar surface area (TPSA) is 35.5 Å². The van der Waals surface area contributed by atoms with Gasteiger partial charge in [0.2, 0.25) is 6.10 Å². The number of hydrogen-bond acceptors (Lipinski definition) is 3. The maximum atomic E-state index is 12.6. The van der Waals surface area contributed by atoms with Crippen molar-refractivity contribution >= 4 is 6.04 Å². The number of hydrogen-bond donors (Lipinski definition) is 0. The van der Waals surface area contributed by atoms with Crippen molar-refractivity contribution in [3.8, 4) is 0 Å². The van der Waals surface area contributed by atoms with E-state index in [1.54, 1.807) is 0 Å². The molecule has 1 unspecified atom stereocenters. The number of rotatable bonds is 1. The molecule has 0 aromatic heterocycles. The van der Waals surface area contributed by atoms with Crippen LogP contribution in [0.15, 0.2) is 0 Å². The molecule has 106 valence electrons. The fraction of sp³-hybridized carbons (Fsp3) is 0.833. The van der Waals surface area contributed by atoms with E-state index in [9.17, 15) is 44.3 Å². The molecule has 0 bridgehead atoms. The highest BCUT2D eigenvalue weighted by Crippen LogP contribution is 2.52. The SMILES string of the molecule is O=C(F)C1(C(F)(F)F)O[C@H](C(F)(F)F)C(F)(F)O1. The molecule has 0 saturated carbocycles. The average molecular weight is 292 g/mol. The van der Waals surface area contributed by atoms with Crippen LogP contribution in [0.3, 0.4) is 0 Å². The van der Waals surface area contributed by atoms with Crippen LogP contribution in [0.2, 0.25) is 0 Å². The number of alkyl halides is 8. The largest absolute Gasteiger partial charge is 0.454 e. The average Bonchev–Trinajstić information content (AvgIpc) is 2.36. The van der Waals surface area contributed by atoms with Gasteiger partial charge in [-0.25, -0.2) is 0 Å². The van der Waals surface area contributed by atoms with Gasteiger partial charge in [0.1, 0.15) is 0 Å². The molecule has 0 aromatic rings. The minimum Gasteiger partial charge on any atom is -0.312 e. The molecule has 3 nitrogen and oxygen atoms in total. The molecule has 1 rings (SSSR count).